The van der Waals surface area contributed by atoms with E-state index < -0.39 is 17.5 Å². The Hall–Kier alpha value is -2.70. The van der Waals surface area contributed by atoms with Gasteiger partial charge in [0.05, 0.1) is 14.2 Å². The first-order valence-corrected chi connectivity index (χ1v) is 5.04. The van der Waals surface area contributed by atoms with Gasteiger partial charge in [0, 0.05) is 0 Å². The Labute approximate surface area is 108 Å². The highest BCUT2D eigenvalue weighted by Crippen LogP contribution is 2.37. The van der Waals surface area contributed by atoms with E-state index in [0.717, 1.165) is 6.08 Å². The molecule has 0 saturated heterocycles. The Bertz CT molecular complexity index is 529. The van der Waals surface area contributed by atoms with E-state index in [-0.39, 0.29) is 22.8 Å². The molecule has 0 unspecified atom stereocenters. The van der Waals surface area contributed by atoms with Crippen LogP contribution in [0.5, 0.6) is 17.2 Å². The van der Waals surface area contributed by atoms with Crippen LogP contribution < -0.4 is 9.47 Å². The number of benzene rings is 1. The fourth-order valence-electron chi connectivity index (χ4n) is 1.43. The highest BCUT2D eigenvalue weighted by Gasteiger charge is 2.17. The summed E-state index contributed by atoms with van der Waals surface area (Å²) in [5, 5.41) is 27.1. The minimum Gasteiger partial charge on any atom is -0.504 e. The van der Waals surface area contributed by atoms with Gasteiger partial charge in [0.1, 0.15) is 5.57 Å². The van der Waals surface area contributed by atoms with E-state index in [1.165, 1.54) is 26.4 Å². The van der Waals surface area contributed by atoms with Crippen molar-refractivity contribution in [3.8, 4) is 17.2 Å². The minimum atomic E-state index is -1.58. The summed E-state index contributed by atoms with van der Waals surface area (Å²) in [5.41, 5.74) is -0.665. The van der Waals surface area contributed by atoms with E-state index in [1.54, 1.807) is 0 Å². The molecule has 7 nitrogen and oxygen atoms in total. The van der Waals surface area contributed by atoms with Crippen LogP contribution >= 0.6 is 0 Å². The number of aliphatic carboxylic acids is 2. The summed E-state index contributed by atoms with van der Waals surface area (Å²) in [5.74, 6) is -3.22. The van der Waals surface area contributed by atoms with Crippen LogP contribution in [0.15, 0.2) is 17.7 Å². The first kappa shape index (κ1) is 14.4. The molecule has 0 aliphatic carbocycles. The number of ether oxygens (including phenoxy) is 2. The summed E-state index contributed by atoms with van der Waals surface area (Å²) in [6.45, 7) is 0. The molecule has 19 heavy (non-hydrogen) atoms. The molecule has 3 N–H and O–H groups in total. The summed E-state index contributed by atoms with van der Waals surface area (Å²) < 4.78 is 9.84. The number of carboxylic acid groups (broad SMARTS) is 2. The Balaban J connectivity index is 3.36. The first-order valence-electron chi connectivity index (χ1n) is 5.04. The Morgan fingerprint density at radius 2 is 1.68 bits per heavy atom. The predicted molar refractivity (Wildman–Crippen MR) is 64.5 cm³/mol. The smallest absolute Gasteiger partial charge is 0.343 e. The van der Waals surface area contributed by atoms with Crippen molar-refractivity contribution in [2.75, 3.05) is 14.2 Å². The molecule has 0 saturated carbocycles. The molecular weight excluding hydrogens is 256 g/mol. The monoisotopic (exact) mass is 268 g/mol. The lowest BCUT2D eigenvalue weighted by Gasteiger charge is -2.10. The van der Waals surface area contributed by atoms with E-state index in [4.69, 9.17) is 19.7 Å². The zero-order valence-electron chi connectivity index (χ0n) is 10.2. The summed E-state index contributed by atoms with van der Waals surface area (Å²) in [6, 6.07) is 2.53. The fraction of sp³-hybridized carbons (Fsp3) is 0.167. The standard InChI is InChI=1S/C12H12O7/c1-18-9-5-6(4-8(13)10(9)19-2)3-7(11(14)15)12(16)17/h3-5,13H,1-2H3,(H,14,15)(H,16,17). The van der Waals surface area contributed by atoms with E-state index in [1.807, 2.05) is 0 Å². The molecule has 0 bridgehead atoms. The number of methoxy groups -OCH3 is 2. The number of carboxylic acids is 2. The number of aromatic hydroxyl groups is 1. The summed E-state index contributed by atoms with van der Waals surface area (Å²) in [4.78, 5) is 21.5. The second kappa shape index (κ2) is 5.76. The van der Waals surface area contributed by atoms with Crippen LogP contribution in [0, 0.1) is 0 Å². The molecular formula is C12H12O7. The number of phenolic OH excluding ortho intramolecular Hbond substituents is 1. The molecule has 1 aromatic carbocycles. The molecule has 0 spiro atoms. The summed E-state index contributed by atoms with van der Waals surface area (Å²) >= 11 is 0. The van der Waals surface area contributed by atoms with E-state index >= 15 is 0 Å². The lowest BCUT2D eigenvalue weighted by Crippen LogP contribution is -2.10. The molecule has 1 rings (SSSR count). The lowest BCUT2D eigenvalue weighted by molar-refractivity contribution is -0.140. The van der Waals surface area contributed by atoms with Crippen molar-refractivity contribution < 1.29 is 34.4 Å². The van der Waals surface area contributed by atoms with Gasteiger partial charge in [0.15, 0.2) is 11.5 Å². The van der Waals surface area contributed by atoms with Crippen LogP contribution in [-0.4, -0.2) is 41.5 Å². The number of phenols is 1. The first-order chi connectivity index (χ1) is 8.90. The van der Waals surface area contributed by atoms with Gasteiger partial charge >= 0.3 is 11.9 Å². The average molecular weight is 268 g/mol. The van der Waals surface area contributed by atoms with Crippen molar-refractivity contribution in [1.82, 2.24) is 0 Å². The molecule has 0 aliphatic heterocycles. The third-order valence-electron chi connectivity index (χ3n) is 2.25. The molecule has 7 heteroatoms. The van der Waals surface area contributed by atoms with Gasteiger partial charge in [-0.15, -0.1) is 0 Å². The number of rotatable bonds is 5. The molecule has 0 aliphatic rings. The maximum atomic E-state index is 10.7. The normalized spacial score (nSPS) is 9.58. The van der Waals surface area contributed by atoms with Crippen LogP contribution in [0.3, 0.4) is 0 Å². The zero-order chi connectivity index (χ0) is 14.6. The van der Waals surface area contributed by atoms with Crippen molar-refractivity contribution in [2.24, 2.45) is 0 Å². The maximum Gasteiger partial charge on any atom is 0.343 e. The van der Waals surface area contributed by atoms with Crippen molar-refractivity contribution in [1.29, 1.82) is 0 Å². The van der Waals surface area contributed by atoms with Gasteiger partial charge in [0.2, 0.25) is 5.75 Å². The molecule has 0 heterocycles. The van der Waals surface area contributed by atoms with E-state index in [9.17, 15) is 14.7 Å². The van der Waals surface area contributed by atoms with Crippen LogP contribution in [0.25, 0.3) is 6.08 Å². The lowest BCUT2D eigenvalue weighted by atomic mass is 10.1. The molecule has 0 fully saturated rings. The summed E-state index contributed by atoms with van der Waals surface area (Å²) in [7, 11) is 2.66. The van der Waals surface area contributed by atoms with Gasteiger partial charge < -0.3 is 24.8 Å². The SMILES string of the molecule is COc1cc(C=C(C(=O)O)C(=O)O)cc(O)c1OC. The Morgan fingerprint density at radius 3 is 2.11 bits per heavy atom. The highest BCUT2D eigenvalue weighted by atomic mass is 16.5. The molecule has 1 aromatic rings. The fourth-order valence-corrected chi connectivity index (χ4v) is 1.43. The molecule has 0 aromatic heterocycles. The minimum absolute atomic E-state index is 0.0758. The van der Waals surface area contributed by atoms with Crippen molar-refractivity contribution >= 4 is 18.0 Å². The van der Waals surface area contributed by atoms with Gasteiger partial charge in [-0.3, -0.25) is 0 Å². The van der Waals surface area contributed by atoms with Crippen LogP contribution in [0.1, 0.15) is 5.56 Å². The predicted octanol–water partition coefficient (Wildman–Crippen LogP) is 0.962. The third kappa shape index (κ3) is 3.15. The van der Waals surface area contributed by atoms with Crippen LogP contribution in [-0.2, 0) is 9.59 Å². The summed E-state index contributed by atoms with van der Waals surface area (Å²) in [6.07, 6.45) is 0.909. The molecule has 102 valence electrons. The van der Waals surface area contributed by atoms with Gasteiger partial charge in [-0.1, -0.05) is 0 Å². The Kier molecular flexibility index (Phi) is 4.36. The second-order valence-corrected chi connectivity index (χ2v) is 3.44. The van der Waals surface area contributed by atoms with E-state index in [0.29, 0.717) is 0 Å². The topological polar surface area (TPSA) is 113 Å². The average Bonchev–Trinajstić information content (AvgIpc) is 2.34. The quantitative estimate of drug-likeness (QED) is 0.414. The highest BCUT2D eigenvalue weighted by molar-refractivity contribution is 6.16. The van der Waals surface area contributed by atoms with Gasteiger partial charge in [-0.25, -0.2) is 9.59 Å². The van der Waals surface area contributed by atoms with Crippen molar-refractivity contribution in [3.63, 3.8) is 0 Å². The van der Waals surface area contributed by atoms with Gasteiger partial charge in [0.25, 0.3) is 0 Å². The van der Waals surface area contributed by atoms with Crippen molar-refractivity contribution in [2.45, 2.75) is 0 Å². The second-order valence-electron chi connectivity index (χ2n) is 3.44. The number of hydrogen-bond acceptors (Lipinski definition) is 5. The van der Waals surface area contributed by atoms with Crippen molar-refractivity contribution in [3.05, 3.63) is 23.3 Å². The largest absolute Gasteiger partial charge is 0.504 e. The van der Waals surface area contributed by atoms with Gasteiger partial charge in [-0.05, 0) is 23.8 Å². The molecule has 0 amide bonds. The van der Waals surface area contributed by atoms with Gasteiger partial charge in [-0.2, -0.15) is 0 Å². The van der Waals surface area contributed by atoms with Crippen LogP contribution in [0.2, 0.25) is 0 Å². The van der Waals surface area contributed by atoms with E-state index in [2.05, 4.69) is 0 Å². The Morgan fingerprint density at radius 1 is 1.11 bits per heavy atom. The third-order valence-corrected chi connectivity index (χ3v) is 2.25. The molecule has 0 radical (unpaired) electrons. The molecule has 0 atom stereocenters. The maximum absolute atomic E-state index is 10.7. The number of carbonyl (C=O) groups is 2. The zero-order valence-corrected chi connectivity index (χ0v) is 10.2. The van der Waals surface area contributed by atoms with Crippen LogP contribution in [0.4, 0.5) is 0 Å². The number of hydrogen-bond donors (Lipinski definition) is 3.